The molecular formula is C26H29N3O4. The summed E-state index contributed by atoms with van der Waals surface area (Å²) in [6.07, 6.45) is 6.20. The monoisotopic (exact) mass is 447 g/mol. The molecular weight excluding hydrogens is 418 g/mol. The molecule has 0 aromatic heterocycles. The molecule has 2 amide bonds. The molecule has 2 N–H and O–H groups in total. The number of fused-ring (bicyclic) bond motifs is 5. The molecule has 1 aliphatic carbocycles. The number of nitrogens with one attached hydrogen (secondary N) is 2. The van der Waals surface area contributed by atoms with Crippen LogP contribution in [0.3, 0.4) is 0 Å². The van der Waals surface area contributed by atoms with Gasteiger partial charge in [0.2, 0.25) is 11.8 Å². The maximum Gasteiger partial charge on any atom is 0.250 e. The number of anilines is 1. The molecule has 7 nitrogen and oxygen atoms in total. The molecule has 6 heterocycles. The normalized spacial score (nSPS) is 40.2. The summed E-state index contributed by atoms with van der Waals surface area (Å²) in [7, 11) is 0. The Morgan fingerprint density at radius 2 is 1.91 bits per heavy atom. The lowest BCUT2D eigenvalue weighted by atomic mass is 9.60. The van der Waals surface area contributed by atoms with Crippen LogP contribution in [-0.4, -0.2) is 51.8 Å². The van der Waals surface area contributed by atoms with Crippen molar-refractivity contribution in [1.82, 2.24) is 10.2 Å². The molecule has 1 aromatic rings. The number of rotatable bonds is 0. The van der Waals surface area contributed by atoms with Gasteiger partial charge in [0.15, 0.2) is 5.78 Å². The molecule has 5 atom stereocenters. The van der Waals surface area contributed by atoms with Crippen molar-refractivity contribution >= 4 is 29.4 Å². The van der Waals surface area contributed by atoms with E-state index < -0.39 is 22.6 Å². The van der Waals surface area contributed by atoms with Crippen molar-refractivity contribution in [2.24, 2.45) is 17.3 Å². The second kappa shape index (κ2) is 5.45. The minimum absolute atomic E-state index is 0.0574. The van der Waals surface area contributed by atoms with Crippen molar-refractivity contribution in [1.29, 1.82) is 0 Å². The van der Waals surface area contributed by atoms with Gasteiger partial charge in [-0.2, -0.15) is 0 Å². The Morgan fingerprint density at radius 3 is 2.70 bits per heavy atom. The minimum Gasteiger partial charge on any atom is -0.483 e. The van der Waals surface area contributed by atoms with Crippen molar-refractivity contribution in [2.45, 2.75) is 69.7 Å². The second-order valence-corrected chi connectivity index (χ2v) is 11.9. The van der Waals surface area contributed by atoms with Crippen LogP contribution < -0.4 is 15.4 Å². The van der Waals surface area contributed by atoms with Crippen LogP contribution in [0.1, 0.15) is 62.9 Å². The number of carbonyl (C=O) groups is 3. The van der Waals surface area contributed by atoms with E-state index in [0.29, 0.717) is 24.9 Å². The molecule has 6 aliphatic heterocycles. The molecule has 4 saturated heterocycles. The zero-order chi connectivity index (χ0) is 23.1. The van der Waals surface area contributed by atoms with Crippen molar-refractivity contribution in [3.05, 3.63) is 29.3 Å². The van der Waals surface area contributed by atoms with Gasteiger partial charge >= 0.3 is 0 Å². The van der Waals surface area contributed by atoms with Crippen LogP contribution in [0.5, 0.6) is 5.75 Å². The third kappa shape index (κ3) is 1.98. The van der Waals surface area contributed by atoms with E-state index in [-0.39, 0.29) is 35.0 Å². The smallest absolute Gasteiger partial charge is 0.250 e. The van der Waals surface area contributed by atoms with Gasteiger partial charge in [0.25, 0.3) is 0 Å². The van der Waals surface area contributed by atoms with E-state index in [1.54, 1.807) is 4.90 Å². The highest BCUT2D eigenvalue weighted by molar-refractivity contribution is 6.14. The Bertz CT molecular complexity index is 1220. The number of piperazine rings is 1. The fourth-order valence-corrected chi connectivity index (χ4v) is 7.99. The summed E-state index contributed by atoms with van der Waals surface area (Å²) in [5.74, 6) is -0.188. The van der Waals surface area contributed by atoms with Crippen LogP contribution >= 0.6 is 0 Å². The predicted molar refractivity (Wildman–Crippen MR) is 122 cm³/mol. The van der Waals surface area contributed by atoms with Crippen molar-refractivity contribution in [2.75, 3.05) is 11.9 Å². The molecule has 0 unspecified atom stereocenters. The zero-order valence-electron chi connectivity index (χ0n) is 19.5. The standard InChI is InChI=1S/C26H29N3O4/c1-23(2)10-8-13-15(33-23)7-6-14-18(13)27-20-17(19(14)30)26-16(24(20,3)4)12-25(21(31)28-26)9-5-11-29(25)22(26)32/h6-8,10,16-17,20,27H,5,9,11-12H2,1-4H3,(H,28,31)/t16-,17-,20-,25-,26+/m0/s1. The zero-order valence-corrected chi connectivity index (χ0v) is 19.5. The SMILES string of the molecule is CC1(C)C=Cc2c(ccc3c2N[C@H]2[C@H](C3=O)[C@@]34NC(=O)[C@]5(CCCN5C3=O)C[C@H]4C2(C)C)O1. The van der Waals surface area contributed by atoms with Crippen LogP contribution in [0.4, 0.5) is 5.69 Å². The highest BCUT2D eigenvalue weighted by atomic mass is 16.5. The fraction of sp³-hybridized carbons (Fsp3) is 0.577. The first-order chi connectivity index (χ1) is 15.5. The molecule has 8 rings (SSSR count). The van der Waals surface area contributed by atoms with Crippen LogP contribution in [0, 0.1) is 17.3 Å². The number of hydrogen-bond acceptors (Lipinski definition) is 5. The number of ether oxygens (including phenoxy) is 1. The molecule has 2 bridgehead atoms. The van der Waals surface area contributed by atoms with Crippen LogP contribution in [0.15, 0.2) is 18.2 Å². The summed E-state index contributed by atoms with van der Waals surface area (Å²) in [5, 5.41) is 6.86. The summed E-state index contributed by atoms with van der Waals surface area (Å²) in [4.78, 5) is 43.3. The molecule has 7 aliphatic rings. The van der Waals surface area contributed by atoms with E-state index in [9.17, 15) is 14.4 Å². The van der Waals surface area contributed by atoms with Crippen LogP contribution in [0.25, 0.3) is 6.08 Å². The van der Waals surface area contributed by atoms with E-state index in [1.807, 2.05) is 38.1 Å². The Hall–Kier alpha value is -2.83. The first-order valence-electron chi connectivity index (χ1n) is 12.0. The Kier molecular flexibility index (Phi) is 3.24. The summed E-state index contributed by atoms with van der Waals surface area (Å²) >= 11 is 0. The lowest BCUT2D eigenvalue weighted by Crippen LogP contribution is -2.83. The largest absolute Gasteiger partial charge is 0.483 e. The quantitative estimate of drug-likeness (QED) is 0.639. The van der Waals surface area contributed by atoms with Gasteiger partial charge in [-0.3, -0.25) is 14.4 Å². The summed E-state index contributed by atoms with van der Waals surface area (Å²) in [6, 6.07) is 3.39. The van der Waals surface area contributed by atoms with E-state index in [2.05, 4.69) is 24.5 Å². The number of ketones is 1. The van der Waals surface area contributed by atoms with E-state index in [0.717, 1.165) is 23.4 Å². The molecule has 7 heteroatoms. The van der Waals surface area contributed by atoms with Gasteiger partial charge in [-0.05, 0) is 62.8 Å². The van der Waals surface area contributed by atoms with Crippen LogP contribution in [0.2, 0.25) is 0 Å². The summed E-state index contributed by atoms with van der Waals surface area (Å²) < 4.78 is 6.15. The number of hydrogen-bond donors (Lipinski definition) is 2. The van der Waals surface area contributed by atoms with Gasteiger partial charge in [-0.15, -0.1) is 0 Å². The molecule has 172 valence electrons. The first kappa shape index (κ1) is 19.6. The third-order valence-corrected chi connectivity index (χ3v) is 9.52. The van der Waals surface area contributed by atoms with Crippen LogP contribution in [-0.2, 0) is 9.59 Å². The number of carbonyl (C=O) groups excluding carboxylic acids is 3. The second-order valence-electron chi connectivity index (χ2n) is 11.9. The highest BCUT2D eigenvalue weighted by Crippen LogP contribution is 2.65. The maximum absolute atomic E-state index is 14.2. The van der Waals surface area contributed by atoms with E-state index >= 15 is 0 Å². The minimum atomic E-state index is -1.18. The molecule has 5 fully saturated rings. The fourth-order valence-electron chi connectivity index (χ4n) is 7.99. The van der Waals surface area contributed by atoms with Gasteiger partial charge in [-0.1, -0.05) is 13.8 Å². The topological polar surface area (TPSA) is 87.7 Å². The van der Waals surface area contributed by atoms with E-state index in [4.69, 9.17) is 4.74 Å². The lowest BCUT2D eigenvalue weighted by Gasteiger charge is -2.59. The Labute approximate surface area is 192 Å². The van der Waals surface area contributed by atoms with Gasteiger partial charge in [0, 0.05) is 29.6 Å². The van der Waals surface area contributed by atoms with Gasteiger partial charge in [0.1, 0.15) is 22.4 Å². The number of Topliss-reactive ketones (excluding diaryl/α,β-unsaturated/α-hetero) is 1. The van der Waals surface area contributed by atoms with Gasteiger partial charge in [-0.25, -0.2) is 0 Å². The molecule has 1 saturated carbocycles. The van der Waals surface area contributed by atoms with Crippen molar-refractivity contribution in [3.63, 3.8) is 0 Å². The average Bonchev–Trinajstić information content (AvgIpc) is 3.26. The van der Waals surface area contributed by atoms with Gasteiger partial charge < -0.3 is 20.3 Å². The summed E-state index contributed by atoms with van der Waals surface area (Å²) in [6.45, 7) is 8.90. The highest BCUT2D eigenvalue weighted by Gasteiger charge is 2.80. The number of amides is 2. The molecule has 0 radical (unpaired) electrons. The molecule has 2 spiro atoms. The Balaban J connectivity index is 1.42. The van der Waals surface area contributed by atoms with Crippen molar-refractivity contribution in [3.8, 4) is 5.75 Å². The lowest BCUT2D eigenvalue weighted by molar-refractivity contribution is -0.177. The number of benzene rings is 1. The maximum atomic E-state index is 14.2. The molecule has 33 heavy (non-hydrogen) atoms. The van der Waals surface area contributed by atoms with Gasteiger partial charge in [0.05, 0.1) is 11.6 Å². The summed E-state index contributed by atoms with van der Waals surface area (Å²) in [5.41, 5.74) is -0.482. The molecule has 1 aromatic carbocycles. The average molecular weight is 448 g/mol. The third-order valence-electron chi connectivity index (χ3n) is 9.52. The van der Waals surface area contributed by atoms with E-state index in [1.165, 1.54) is 0 Å². The number of nitrogens with zero attached hydrogens (tertiary/aromatic N) is 1. The first-order valence-corrected chi connectivity index (χ1v) is 12.0. The predicted octanol–water partition coefficient (Wildman–Crippen LogP) is 2.75. The number of piperidine rings is 2. The Morgan fingerprint density at radius 1 is 1.12 bits per heavy atom. The van der Waals surface area contributed by atoms with Crippen molar-refractivity contribution < 1.29 is 19.1 Å².